The molecule has 0 aromatic rings. The predicted octanol–water partition coefficient (Wildman–Crippen LogP) is 0.595. The van der Waals surface area contributed by atoms with Crippen molar-refractivity contribution in [1.29, 1.82) is 0 Å². The second-order valence-electron chi connectivity index (χ2n) is 4.54. The molecule has 15 heavy (non-hydrogen) atoms. The van der Waals surface area contributed by atoms with Crippen molar-refractivity contribution >= 4 is 0 Å². The topological polar surface area (TPSA) is 41.9 Å². The smallest absolute Gasteiger partial charge is 0.181 e. The molecule has 0 aliphatic carbocycles. The van der Waals surface area contributed by atoms with E-state index in [1.54, 1.807) is 0 Å². The molecular formula is C11H21NO3. The van der Waals surface area contributed by atoms with Crippen LogP contribution in [0, 0.1) is 0 Å². The summed E-state index contributed by atoms with van der Waals surface area (Å²) in [5.41, 5.74) is 0. The van der Waals surface area contributed by atoms with E-state index in [9.17, 15) is 0 Å². The van der Waals surface area contributed by atoms with E-state index in [1.807, 2.05) is 6.92 Å². The van der Waals surface area contributed by atoms with Crippen molar-refractivity contribution in [2.45, 2.75) is 44.6 Å². The Morgan fingerprint density at radius 2 is 2.33 bits per heavy atom. The lowest BCUT2D eigenvalue weighted by atomic mass is 10.1. The van der Waals surface area contributed by atoms with Crippen LogP contribution in [0.2, 0.25) is 0 Å². The van der Waals surface area contributed by atoms with Crippen LogP contribution < -0.4 is 0 Å². The van der Waals surface area contributed by atoms with Gasteiger partial charge in [-0.3, -0.25) is 4.90 Å². The first-order valence-electron chi connectivity index (χ1n) is 5.86. The maximum atomic E-state index is 9.05. The van der Waals surface area contributed by atoms with E-state index in [1.165, 1.54) is 6.42 Å². The van der Waals surface area contributed by atoms with Gasteiger partial charge >= 0.3 is 0 Å². The maximum Gasteiger partial charge on any atom is 0.181 e. The van der Waals surface area contributed by atoms with Crippen LogP contribution in [0.5, 0.6) is 0 Å². The quantitative estimate of drug-likeness (QED) is 0.748. The lowest BCUT2D eigenvalue weighted by Gasteiger charge is -2.35. The van der Waals surface area contributed by atoms with Crippen LogP contribution in [-0.4, -0.2) is 54.2 Å². The summed E-state index contributed by atoms with van der Waals surface area (Å²) in [5.74, 6) is -0.514. The van der Waals surface area contributed by atoms with Crippen LogP contribution in [0.3, 0.4) is 0 Å². The Hall–Kier alpha value is -0.160. The molecule has 1 N–H and O–H groups in total. The molecule has 0 spiro atoms. The normalized spacial score (nSPS) is 42.6. The van der Waals surface area contributed by atoms with Crippen LogP contribution in [-0.2, 0) is 9.47 Å². The zero-order valence-corrected chi connectivity index (χ0v) is 9.61. The fourth-order valence-corrected chi connectivity index (χ4v) is 2.72. The van der Waals surface area contributed by atoms with Crippen LogP contribution in [0.4, 0.5) is 0 Å². The Kier molecular flexibility index (Phi) is 3.30. The molecule has 2 aliphatic rings. The molecule has 88 valence electrons. The van der Waals surface area contributed by atoms with Gasteiger partial charge in [0.2, 0.25) is 0 Å². The lowest BCUT2D eigenvalue weighted by Crippen LogP contribution is -2.48. The molecule has 2 rings (SSSR count). The predicted molar refractivity (Wildman–Crippen MR) is 56.6 cm³/mol. The van der Waals surface area contributed by atoms with Crippen LogP contribution in [0.25, 0.3) is 0 Å². The Balaban J connectivity index is 2.02. The number of likely N-dealkylation sites (N-methyl/N-ethyl adjacent to an activating group) is 1. The Morgan fingerprint density at radius 1 is 1.53 bits per heavy atom. The number of hydrogen-bond acceptors (Lipinski definition) is 4. The summed E-state index contributed by atoms with van der Waals surface area (Å²) in [7, 11) is 0. The van der Waals surface area contributed by atoms with E-state index in [-0.39, 0.29) is 12.7 Å². The van der Waals surface area contributed by atoms with E-state index in [4.69, 9.17) is 14.6 Å². The average molecular weight is 215 g/mol. The largest absolute Gasteiger partial charge is 0.394 e. The van der Waals surface area contributed by atoms with Gasteiger partial charge in [-0.15, -0.1) is 0 Å². The molecule has 3 atom stereocenters. The molecule has 0 radical (unpaired) electrons. The molecule has 4 nitrogen and oxygen atoms in total. The monoisotopic (exact) mass is 215 g/mol. The third-order valence-corrected chi connectivity index (χ3v) is 3.54. The van der Waals surface area contributed by atoms with Crippen LogP contribution in [0.1, 0.15) is 26.7 Å². The molecule has 2 saturated heterocycles. The first-order valence-corrected chi connectivity index (χ1v) is 5.86. The Bertz CT molecular complexity index is 224. The lowest BCUT2D eigenvalue weighted by molar-refractivity contribution is -0.194. The van der Waals surface area contributed by atoms with Crippen molar-refractivity contribution in [2.75, 3.05) is 26.3 Å². The highest BCUT2D eigenvalue weighted by molar-refractivity contribution is 4.92. The van der Waals surface area contributed by atoms with Crippen molar-refractivity contribution in [2.24, 2.45) is 0 Å². The first-order chi connectivity index (χ1) is 7.19. The molecule has 0 aromatic heterocycles. The van der Waals surface area contributed by atoms with Gasteiger partial charge in [-0.1, -0.05) is 6.92 Å². The number of nitrogens with zero attached hydrogens (tertiary/aromatic N) is 1. The van der Waals surface area contributed by atoms with Crippen LogP contribution in [0.15, 0.2) is 0 Å². The summed E-state index contributed by atoms with van der Waals surface area (Å²) in [6.45, 7) is 6.90. The van der Waals surface area contributed by atoms with E-state index in [0.717, 1.165) is 19.5 Å². The number of likely N-dealkylation sites (tertiary alicyclic amines) is 1. The summed E-state index contributed by atoms with van der Waals surface area (Å²) in [6.07, 6.45) is 2.20. The zero-order chi connectivity index (χ0) is 10.9. The summed E-state index contributed by atoms with van der Waals surface area (Å²) in [5, 5.41) is 9.05. The molecule has 4 heteroatoms. The summed E-state index contributed by atoms with van der Waals surface area (Å²) in [6, 6.07) is 0.346. The molecule has 3 unspecified atom stereocenters. The Morgan fingerprint density at radius 3 is 2.93 bits per heavy atom. The molecule has 0 bridgehead atoms. The van der Waals surface area contributed by atoms with Gasteiger partial charge in [0.15, 0.2) is 5.79 Å². The standard InChI is InChI=1S/C11H21NO3/c1-3-12-6-4-5-10(12)11(2)14-8-9(7-13)15-11/h9-10,13H,3-8H2,1-2H3. The van der Waals surface area contributed by atoms with Gasteiger partial charge in [0, 0.05) is 0 Å². The van der Waals surface area contributed by atoms with E-state index >= 15 is 0 Å². The molecular weight excluding hydrogens is 194 g/mol. The molecule has 0 aromatic carbocycles. The zero-order valence-electron chi connectivity index (χ0n) is 9.61. The van der Waals surface area contributed by atoms with Crippen molar-refractivity contribution < 1.29 is 14.6 Å². The molecule has 2 aliphatic heterocycles. The number of aliphatic hydroxyl groups is 1. The number of rotatable bonds is 3. The van der Waals surface area contributed by atoms with E-state index in [2.05, 4.69) is 11.8 Å². The number of aliphatic hydroxyl groups excluding tert-OH is 1. The van der Waals surface area contributed by atoms with Crippen LogP contribution >= 0.6 is 0 Å². The average Bonchev–Trinajstić information content (AvgIpc) is 2.84. The molecule has 2 fully saturated rings. The van der Waals surface area contributed by atoms with Gasteiger partial charge in [0.1, 0.15) is 6.10 Å². The minimum absolute atomic E-state index is 0.0500. The highest BCUT2D eigenvalue weighted by Crippen LogP contribution is 2.35. The second-order valence-corrected chi connectivity index (χ2v) is 4.54. The van der Waals surface area contributed by atoms with E-state index < -0.39 is 5.79 Å². The third-order valence-electron chi connectivity index (χ3n) is 3.54. The van der Waals surface area contributed by atoms with Gasteiger partial charge in [-0.05, 0) is 32.9 Å². The Labute approximate surface area is 91.2 Å². The van der Waals surface area contributed by atoms with E-state index in [0.29, 0.717) is 12.6 Å². The summed E-state index contributed by atoms with van der Waals surface area (Å²) < 4.78 is 11.5. The molecule has 0 amide bonds. The maximum absolute atomic E-state index is 9.05. The highest BCUT2D eigenvalue weighted by Gasteiger charge is 2.47. The van der Waals surface area contributed by atoms with Gasteiger partial charge in [0.25, 0.3) is 0 Å². The summed E-state index contributed by atoms with van der Waals surface area (Å²) >= 11 is 0. The minimum Gasteiger partial charge on any atom is -0.394 e. The highest BCUT2D eigenvalue weighted by atomic mass is 16.7. The van der Waals surface area contributed by atoms with Gasteiger partial charge in [0.05, 0.1) is 19.3 Å². The van der Waals surface area contributed by atoms with Crippen molar-refractivity contribution in [3.05, 3.63) is 0 Å². The third kappa shape index (κ3) is 2.04. The molecule has 0 saturated carbocycles. The first kappa shape index (κ1) is 11.3. The van der Waals surface area contributed by atoms with Gasteiger partial charge in [-0.25, -0.2) is 0 Å². The SMILES string of the molecule is CCN1CCCC1C1(C)OCC(CO)O1. The van der Waals surface area contributed by atoms with Crippen molar-refractivity contribution in [3.8, 4) is 0 Å². The van der Waals surface area contributed by atoms with Crippen molar-refractivity contribution in [1.82, 2.24) is 4.90 Å². The molecule has 2 heterocycles. The van der Waals surface area contributed by atoms with Gasteiger partial charge in [-0.2, -0.15) is 0 Å². The fourth-order valence-electron chi connectivity index (χ4n) is 2.72. The summed E-state index contributed by atoms with van der Waals surface area (Å²) in [4.78, 5) is 2.40. The van der Waals surface area contributed by atoms with Gasteiger partial charge < -0.3 is 14.6 Å². The van der Waals surface area contributed by atoms with Crippen molar-refractivity contribution in [3.63, 3.8) is 0 Å². The number of hydrogen-bond donors (Lipinski definition) is 1. The second kappa shape index (κ2) is 4.37. The minimum atomic E-state index is -0.514. The fraction of sp³-hybridized carbons (Fsp3) is 1.00. The number of ether oxygens (including phenoxy) is 2.